The zero-order valence-electron chi connectivity index (χ0n) is 12.0. The molecule has 21 heavy (non-hydrogen) atoms. The van der Waals surface area contributed by atoms with Gasteiger partial charge < -0.3 is 10.5 Å². The number of hydrogen-bond acceptors (Lipinski definition) is 6. The van der Waals surface area contributed by atoms with E-state index in [4.69, 9.17) is 10.5 Å². The summed E-state index contributed by atoms with van der Waals surface area (Å²) in [5.41, 5.74) is 6.12. The van der Waals surface area contributed by atoms with Crippen LogP contribution in [0.3, 0.4) is 0 Å². The van der Waals surface area contributed by atoms with Crippen molar-refractivity contribution in [1.29, 1.82) is 0 Å². The molecule has 0 aliphatic rings. The summed E-state index contributed by atoms with van der Waals surface area (Å²) < 4.78 is 52.3. The quantitative estimate of drug-likeness (QED) is 0.667. The molecular formula is C12H20N2O5S2. The van der Waals surface area contributed by atoms with Crippen LogP contribution in [-0.4, -0.2) is 59.1 Å². The first kappa shape index (κ1) is 17.7. The number of sulfone groups is 1. The van der Waals surface area contributed by atoms with Crippen LogP contribution in [0.1, 0.15) is 0 Å². The number of hydrogen-bond donors (Lipinski definition) is 1. The SMILES string of the molecule is CN(CCS(C)(=O)=O)S(=O)(=O)CCOc1ccc(N)cc1. The summed E-state index contributed by atoms with van der Waals surface area (Å²) in [6.07, 6.45) is 1.07. The summed E-state index contributed by atoms with van der Waals surface area (Å²) in [7, 11) is -5.39. The van der Waals surface area contributed by atoms with Crippen molar-refractivity contribution in [3.05, 3.63) is 24.3 Å². The summed E-state index contributed by atoms with van der Waals surface area (Å²) in [4.78, 5) is 0. The van der Waals surface area contributed by atoms with Crippen LogP contribution >= 0.6 is 0 Å². The minimum Gasteiger partial charge on any atom is -0.492 e. The lowest BCUT2D eigenvalue weighted by molar-refractivity contribution is 0.337. The highest BCUT2D eigenvalue weighted by Gasteiger charge is 2.19. The molecule has 2 N–H and O–H groups in total. The summed E-state index contributed by atoms with van der Waals surface area (Å²) in [6.45, 7) is -0.0848. The van der Waals surface area contributed by atoms with Crippen LogP contribution < -0.4 is 10.5 Å². The number of sulfonamides is 1. The number of ether oxygens (including phenoxy) is 1. The van der Waals surface area contributed by atoms with Gasteiger partial charge in [0.1, 0.15) is 22.2 Å². The molecule has 7 nitrogen and oxygen atoms in total. The summed E-state index contributed by atoms with van der Waals surface area (Å²) >= 11 is 0. The first-order chi connectivity index (χ1) is 9.60. The fourth-order valence-electron chi connectivity index (χ4n) is 1.42. The van der Waals surface area contributed by atoms with Gasteiger partial charge in [-0.15, -0.1) is 0 Å². The van der Waals surface area contributed by atoms with Gasteiger partial charge in [-0.05, 0) is 24.3 Å². The van der Waals surface area contributed by atoms with E-state index in [9.17, 15) is 16.8 Å². The Morgan fingerprint density at radius 3 is 2.19 bits per heavy atom. The molecule has 1 rings (SSSR count). The Morgan fingerprint density at radius 2 is 1.67 bits per heavy atom. The highest BCUT2D eigenvalue weighted by atomic mass is 32.2. The number of rotatable bonds is 8. The number of nitrogen functional groups attached to an aromatic ring is 1. The van der Waals surface area contributed by atoms with Crippen molar-refractivity contribution in [3.63, 3.8) is 0 Å². The zero-order chi connectivity index (χ0) is 16.1. The zero-order valence-corrected chi connectivity index (χ0v) is 13.7. The molecule has 0 saturated heterocycles. The lowest BCUT2D eigenvalue weighted by Crippen LogP contribution is -2.34. The van der Waals surface area contributed by atoms with E-state index >= 15 is 0 Å². The Bertz CT molecular complexity index is 653. The molecule has 0 spiro atoms. The average molecular weight is 336 g/mol. The fraction of sp³-hybridized carbons (Fsp3) is 0.500. The predicted octanol–water partition coefficient (Wildman–Crippen LogP) is -0.0462. The number of nitrogens with zero attached hydrogens (tertiary/aromatic N) is 1. The largest absolute Gasteiger partial charge is 0.492 e. The van der Waals surface area contributed by atoms with Crippen molar-refractivity contribution >= 4 is 25.5 Å². The summed E-state index contributed by atoms with van der Waals surface area (Å²) in [5.74, 6) is 0.0947. The number of benzene rings is 1. The minimum absolute atomic E-state index is 0.0184. The standard InChI is InChI=1S/C12H20N2O5S2/c1-14(7-9-20(2,15)16)21(17,18)10-8-19-12-5-3-11(13)4-6-12/h3-6H,7-10,13H2,1-2H3. The Balaban J connectivity index is 2.47. The van der Waals surface area contributed by atoms with E-state index in [2.05, 4.69) is 0 Å². The lowest BCUT2D eigenvalue weighted by Gasteiger charge is -2.16. The van der Waals surface area contributed by atoms with E-state index in [0.717, 1.165) is 10.6 Å². The molecule has 0 aromatic heterocycles. The van der Waals surface area contributed by atoms with Gasteiger partial charge in [-0.25, -0.2) is 21.1 Å². The lowest BCUT2D eigenvalue weighted by atomic mass is 10.3. The molecule has 0 bridgehead atoms. The molecule has 0 saturated carbocycles. The molecule has 0 heterocycles. The van der Waals surface area contributed by atoms with E-state index < -0.39 is 19.9 Å². The molecule has 0 fully saturated rings. The normalized spacial score (nSPS) is 12.5. The van der Waals surface area contributed by atoms with Gasteiger partial charge in [0.2, 0.25) is 10.0 Å². The van der Waals surface area contributed by atoms with Crippen LogP contribution in [0.2, 0.25) is 0 Å². The van der Waals surface area contributed by atoms with Gasteiger partial charge in [0.15, 0.2) is 0 Å². The topological polar surface area (TPSA) is 107 Å². The third kappa shape index (κ3) is 6.78. The molecule has 120 valence electrons. The molecule has 0 unspecified atom stereocenters. The van der Waals surface area contributed by atoms with Gasteiger partial charge in [-0.3, -0.25) is 0 Å². The van der Waals surface area contributed by atoms with Crippen molar-refractivity contribution in [2.75, 3.05) is 43.7 Å². The monoisotopic (exact) mass is 336 g/mol. The van der Waals surface area contributed by atoms with Crippen molar-refractivity contribution in [2.24, 2.45) is 0 Å². The van der Waals surface area contributed by atoms with Crippen molar-refractivity contribution in [2.45, 2.75) is 0 Å². The van der Waals surface area contributed by atoms with Crippen LogP contribution in [-0.2, 0) is 19.9 Å². The third-order valence-corrected chi connectivity index (χ3v) is 5.48. The van der Waals surface area contributed by atoms with Crippen LogP contribution in [0, 0.1) is 0 Å². The molecule has 9 heteroatoms. The van der Waals surface area contributed by atoms with Crippen LogP contribution in [0.25, 0.3) is 0 Å². The average Bonchev–Trinajstić information content (AvgIpc) is 2.37. The second kappa shape index (κ2) is 7.10. The smallest absolute Gasteiger partial charge is 0.217 e. The predicted molar refractivity (Wildman–Crippen MR) is 82.5 cm³/mol. The van der Waals surface area contributed by atoms with Crippen LogP contribution in [0.15, 0.2) is 24.3 Å². The van der Waals surface area contributed by atoms with Crippen molar-refractivity contribution in [3.8, 4) is 5.75 Å². The molecule has 1 aromatic rings. The maximum absolute atomic E-state index is 11.9. The molecular weight excluding hydrogens is 316 g/mol. The Morgan fingerprint density at radius 1 is 1.10 bits per heavy atom. The maximum atomic E-state index is 11.9. The molecule has 0 aliphatic carbocycles. The molecule has 0 amide bonds. The minimum atomic E-state index is -3.54. The third-order valence-electron chi connectivity index (χ3n) is 2.74. The fourth-order valence-corrected chi connectivity index (χ4v) is 3.11. The molecule has 0 aliphatic heterocycles. The van der Waals surface area contributed by atoms with Crippen LogP contribution in [0.5, 0.6) is 5.75 Å². The second-order valence-electron chi connectivity index (χ2n) is 4.68. The first-order valence-corrected chi connectivity index (χ1v) is 9.87. The van der Waals surface area contributed by atoms with Crippen molar-refractivity contribution in [1.82, 2.24) is 4.31 Å². The van der Waals surface area contributed by atoms with Crippen LogP contribution in [0.4, 0.5) is 5.69 Å². The molecule has 0 atom stereocenters. The van der Waals surface area contributed by atoms with Gasteiger partial charge in [-0.1, -0.05) is 0 Å². The number of anilines is 1. The van der Waals surface area contributed by atoms with E-state index in [-0.39, 0.29) is 24.7 Å². The van der Waals surface area contributed by atoms with E-state index in [1.807, 2.05) is 0 Å². The van der Waals surface area contributed by atoms with Gasteiger partial charge in [0.25, 0.3) is 0 Å². The van der Waals surface area contributed by atoms with Gasteiger partial charge in [0, 0.05) is 25.5 Å². The van der Waals surface area contributed by atoms with Gasteiger partial charge in [0.05, 0.1) is 11.5 Å². The highest BCUT2D eigenvalue weighted by molar-refractivity contribution is 7.91. The van der Waals surface area contributed by atoms with Gasteiger partial charge >= 0.3 is 0 Å². The maximum Gasteiger partial charge on any atom is 0.217 e. The number of nitrogens with two attached hydrogens (primary N) is 1. The van der Waals surface area contributed by atoms with Crippen molar-refractivity contribution < 1.29 is 21.6 Å². The summed E-state index contributed by atoms with van der Waals surface area (Å²) in [6, 6.07) is 6.61. The molecule has 0 radical (unpaired) electrons. The van der Waals surface area contributed by atoms with E-state index in [0.29, 0.717) is 11.4 Å². The highest BCUT2D eigenvalue weighted by Crippen LogP contribution is 2.13. The Labute approximate surface area is 125 Å². The Hall–Kier alpha value is -1.32. The Kier molecular flexibility index (Phi) is 5.99. The molecule has 1 aromatic carbocycles. The van der Waals surface area contributed by atoms with E-state index in [1.54, 1.807) is 24.3 Å². The first-order valence-electron chi connectivity index (χ1n) is 6.20. The van der Waals surface area contributed by atoms with Gasteiger partial charge in [-0.2, -0.15) is 0 Å². The second-order valence-corrected chi connectivity index (χ2v) is 9.14. The van der Waals surface area contributed by atoms with E-state index in [1.165, 1.54) is 7.05 Å². The summed E-state index contributed by atoms with van der Waals surface area (Å²) in [5, 5.41) is 0.